The van der Waals surface area contributed by atoms with Crippen molar-refractivity contribution in [2.24, 2.45) is 0 Å². The Morgan fingerprint density at radius 2 is 1.71 bits per heavy atom. The second kappa shape index (κ2) is 10.5. The SMILES string of the molecule is O=C(c1ccc(Cl)cc1Cl)N(Cc1cccc(OS(=O)(=O)c2ccc(F)cc2)c1)Cc1ccco1. The summed E-state index contributed by atoms with van der Waals surface area (Å²) < 4.78 is 48.9. The second-order valence-electron chi connectivity index (χ2n) is 7.50. The molecule has 0 radical (unpaired) electrons. The molecule has 0 saturated heterocycles. The van der Waals surface area contributed by atoms with Crippen molar-refractivity contribution in [3.05, 3.63) is 118 Å². The van der Waals surface area contributed by atoms with Gasteiger partial charge in [0.25, 0.3) is 5.91 Å². The van der Waals surface area contributed by atoms with Crippen LogP contribution in [0.1, 0.15) is 21.7 Å². The molecule has 180 valence electrons. The van der Waals surface area contributed by atoms with Crippen LogP contribution in [-0.2, 0) is 23.2 Å². The van der Waals surface area contributed by atoms with Crippen LogP contribution in [0.15, 0.2) is 94.4 Å². The van der Waals surface area contributed by atoms with E-state index in [2.05, 4.69) is 0 Å². The summed E-state index contributed by atoms with van der Waals surface area (Å²) in [5.41, 5.74) is 0.857. The highest BCUT2D eigenvalue weighted by Crippen LogP contribution is 2.25. The Morgan fingerprint density at radius 1 is 0.943 bits per heavy atom. The lowest BCUT2D eigenvalue weighted by Gasteiger charge is -2.23. The summed E-state index contributed by atoms with van der Waals surface area (Å²) >= 11 is 12.2. The molecule has 0 saturated carbocycles. The second-order valence-corrected chi connectivity index (χ2v) is 9.89. The Bertz CT molecular complexity index is 1440. The van der Waals surface area contributed by atoms with E-state index in [4.69, 9.17) is 31.8 Å². The molecule has 0 unspecified atom stereocenters. The average Bonchev–Trinajstić information content (AvgIpc) is 3.32. The molecule has 6 nitrogen and oxygen atoms in total. The topological polar surface area (TPSA) is 76.8 Å². The predicted octanol–water partition coefficient (Wildman–Crippen LogP) is 6.34. The molecule has 0 bridgehead atoms. The van der Waals surface area contributed by atoms with Crippen molar-refractivity contribution in [1.82, 2.24) is 4.90 Å². The number of rotatable bonds is 8. The van der Waals surface area contributed by atoms with Gasteiger partial charge in [-0.05, 0) is 72.3 Å². The molecule has 4 aromatic rings. The van der Waals surface area contributed by atoms with Crippen LogP contribution in [0.5, 0.6) is 5.75 Å². The van der Waals surface area contributed by atoms with Crippen molar-refractivity contribution < 1.29 is 26.2 Å². The Kier molecular flexibility index (Phi) is 7.45. The third kappa shape index (κ3) is 6.22. The minimum atomic E-state index is -4.18. The van der Waals surface area contributed by atoms with Crippen LogP contribution in [-0.4, -0.2) is 19.2 Å². The van der Waals surface area contributed by atoms with E-state index in [1.54, 1.807) is 30.3 Å². The summed E-state index contributed by atoms with van der Waals surface area (Å²) in [4.78, 5) is 14.7. The molecule has 0 atom stereocenters. The van der Waals surface area contributed by atoms with E-state index in [1.807, 2.05) is 0 Å². The maximum Gasteiger partial charge on any atom is 0.339 e. The van der Waals surface area contributed by atoms with Gasteiger partial charge in [-0.25, -0.2) is 4.39 Å². The van der Waals surface area contributed by atoms with E-state index in [9.17, 15) is 17.6 Å². The maximum atomic E-state index is 13.3. The van der Waals surface area contributed by atoms with E-state index >= 15 is 0 Å². The smallest absolute Gasteiger partial charge is 0.339 e. The molecule has 10 heteroatoms. The van der Waals surface area contributed by atoms with Crippen molar-refractivity contribution >= 4 is 39.2 Å². The highest BCUT2D eigenvalue weighted by molar-refractivity contribution is 7.87. The Balaban J connectivity index is 1.59. The van der Waals surface area contributed by atoms with E-state index < -0.39 is 15.9 Å². The molecule has 35 heavy (non-hydrogen) atoms. The highest BCUT2D eigenvalue weighted by Gasteiger charge is 2.22. The summed E-state index contributed by atoms with van der Waals surface area (Å²) in [6.45, 7) is 0.246. The number of carbonyl (C=O) groups is 1. The van der Waals surface area contributed by atoms with Gasteiger partial charge in [0.05, 0.1) is 23.4 Å². The molecule has 0 fully saturated rings. The maximum absolute atomic E-state index is 13.3. The van der Waals surface area contributed by atoms with Crippen molar-refractivity contribution in [2.45, 2.75) is 18.0 Å². The highest BCUT2D eigenvalue weighted by atomic mass is 35.5. The average molecular weight is 534 g/mol. The fourth-order valence-corrected chi connectivity index (χ4v) is 4.73. The molecular formula is C25H18Cl2FNO5S. The van der Waals surface area contributed by atoms with Gasteiger partial charge in [0.2, 0.25) is 0 Å². The fraction of sp³-hybridized carbons (Fsp3) is 0.0800. The monoisotopic (exact) mass is 533 g/mol. The van der Waals surface area contributed by atoms with Crippen LogP contribution in [0.3, 0.4) is 0 Å². The number of hydrogen-bond acceptors (Lipinski definition) is 5. The van der Waals surface area contributed by atoms with Crippen molar-refractivity contribution in [2.75, 3.05) is 0 Å². The zero-order valence-corrected chi connectivity index (χ0v) is 20.4. The number of furan rings is 1. The number of benzene rings is 3. The van der Waals surface area contributed by atoms with Crippen molar-refractivity contribution in [3.8, 4) is 5.75 Å². The number of amides is 1. The third-order valence-corrected chi connectivity index (χ3v) is 6.76. The van der Waals surface area contributed by atoms with Crippen molar-refractivity contribution in [1.29, 1.82) is 0 Å². The largest absolute Gasteiger partial charge is 0.467 e. The number of halogens is 3. The minimum absolute atomic E-state index is 0.0433. The molecule has 0 aliphatic carbocycles. The van der Waals surface area contributed by atoms with Gasteiger partial charge in [-0.1, -0.05) is 35.3 Å². The predicted molar refractivity (Wildman–Crippen MR) is 129 cm³/mol. The standard InChI is InChI=1S/C25H18Cl2FNO5S/c26-18-6-11-23(24(27)14-18)25(30)29(16-21-5-2-12-33-21)15-17-3-1-4-20(13-17)34-35(31,32)22-9-7-19(28)8-10-22/h1-14H,15-16H2. The zero-order chi connectivity index (χ0) is 25.0. The Labute approximate surface area is 211 Å². The van der Waals surface area contributed by atoms with E-state index in [-0.39, 0.29) is 40.2 Å². The van der Waals surface area contributed by atoms with Gasteiger partial charge in [-0.3, -0.25) is 4.79 Å². The first-order chi connectivity index (χ1) is 16.7. The first-order valence-electron chi connectivity index (χ1n) is 10.3. The quantitative estimate of drug-likeness (QED) is 0.247. The van der Waals surface area contributed by atoms with Gasteiger partial charge >= 0.3 is 10.1 Å². The number of nitrogens with zero attached hydrogens (tertiary/aromatic N) is 1. The van der Waals surface area contributed by atoms with E-state index in [0.29, 0.717) is 16.3 Å². The zero-order valence-electron chi connectivity index (χ0n) is 18.0. The van der Waals surface area contributed by atoms with Crippen molar-refractivity contribution in [3.63, 3.8) is 0 Å². The molecule has 1 aromatic heterocycles. The minimum Gasteiger partial charge on any atom is -0.467 e. The molecule has 0 spiro atoms. The van der Waals surface area contributed by atoms with Gasteiger partial charge in [0.1, 0.15) is 22.2 Å². The van der Waals surface area contributed by atoms with Crippen LogP contribution < -0.4 is 4.18 Å². The fourth-order valence-electron chi connectivity index (χ4n) is 3.32. The molecular weight excluding hydrogens is 516 g/mol. The number of carbonyl (C=O) groups excluding carboxylic acids is 1. The summed E-state index contributed by atoms with van der Waals surface area (Å²) in [6, 6.07) is 18.7. The summed E-state index contributed by atoms with van der Waals surface area (Å²) in [5, 5.41) is 0.603. The van der Waals surface area contributed by atoms with Gasteiger partial charge in [-0.15, -0.1) is 0 Å². The summed E-state index contributed by atoms with van der Waals surface area (Å²) in [5.74, 6) is -0.335. The van der Waals surface area contributed by atoms with Crippen LogP contribution >= 0.6 is 23.2 Å². The number of hydrogen-bond donors (Lipinski definition) is 0. The molecule has 0 N–H and O–H groups in total. The van der Waals surface area contributed by atoms with E-state index in [0.717, 1.165) is 24.3 Å². The molecule has 3 aromatic carbocycles. The molecule has 0 aliphatic heterocycles. The van der Waals surface area contributed by atoms with Crippen LogP contribution in [0.4, 0.5) is 4.39 Å². The summed E-state index contributed by atoms with van der Waals surface area (Å²) in [7, 11) is -4.18. The van der Waals surface area contributed by atoms with Gasteiger partial charge in [-0.2, -0.15) is 8.42 Å². The van der Waals surface area contributed by atoms with Crippen LogP contribution in [0.2, 0.25) is 10.0 Å². The molecule has 4 rings (SSSR count). The van der Waals surface area contributed by atoms with Gasteiger partial charge in [0, 0.05) is 11.6 Å². The third-order valence-electron chi connectivity index (χ3n) is 4.96. The molecule has 1 amide bonds. The first-order valence-corrected chi connectivity index (χ1v) is 12.4. The first kappa shape index (κ1) is 24.8. The Hall–Kier alpha value is -3.33. The van der Waals surface area contributed by atoms with E-state index in [1.165, 1.54) is 35.4 Å². The normalized spacial score (nSPS) is 11.3. The van der Waals surface area contributed by atoms with Gasteiger partial charge in [0.15, 0.2) is 0 Å². The lowest BCUT2D eigenvalue weighted by Crippen LogP contribution is -2.30. The van der Waals surface area contributed by atoms with Crippen LogP contribution in [0.25, 0.3) is 0 Å². The van der Waals surface area contributed by atoms with Gasteiger partial charge < -0.3 is 13.5 Å². The lowest BCUT2D eigenvalue weighted by atomic mass is 10.1. The lowest BCUT2D eigenvalue weighted by molar-refractivity contribution is 0.0717. The summed E-state index contributed by atoms with van der Waals surface area (Å²) in [6.07, 6.45) is 1.50. The Morgan fingerprint density at radius 3 is 2.40 bits per heavy atom. The molecule has 1 heterocycles. The molecule has 0 aliphatic rings. The van der Waals surface area contributed by atoms with Crippen LogP contribution in [0, 0.1) is 5.82 Å².